The molecule has 3 heterocycles. The van der Waals surface area contributed by atoms with Crippen LogP contribution in [0, 0.1) is 5.92 Å². The van der Waals surface area contributed by atoms with Gasteiger partial charge in [0.1, 0.15) is 10.8 Å². The number of hydrogen-bond donors (Lipinski definition) is 1. The van der Waals surface area contributed by atoms with Gasteiger partial charge in [0.2, 0.25) is 5.91 Å². The normalized spacial score (nSPS) is 15.2. The van der Waals surface area contributed by atoms with E-state index in [1.165, 1.54) is 10.9 Å². The van der Waals surface area contributed by atoms with Gasteiger partial charge in [0.05, 0.1) is 16.9 Å². The van der Waals surface area contributed by atoms with Crippen molar-refractivity contribution in [1.29, 1.82) is 0 Å². The molecular weight excluding hydrogens is 365 g/mol. The van der Waals surface area contributed by atoms with Crippen molar-refractivity contribution in [2.45, 2.75) is 12.8 Å². The average molecular weight is 382 g/mol. The minimum atomic E-state index is -0.326. The van der Waals surface area contributed by atoms with Gasteiger partial charge in [-0.1, -0.05) is 23.2 Å². The summed E-state index contributed by atoms with van der Waals surface area (Å²) in [4.78, 5) is 30.3. The van der Waals surface area contributed by atoms with Gasteiger partial charge in [-0.15, -0.1) is 0 Å². The molecule has 1 amide bonds. The van der Waals surface area contributed by atoms with Crippen LogP contribution in [0.3, 0.4) is 0 Å². The molecule has 7 nitrogen and oxygen atoms in total. The molecule has 1 fully saturated rings. The molecule has 2 aromatic heterocycles. The Labute approximate surface area is 154 Å². The van der Waals surface area contributed by atoms with Crippen molar-refractivity contribution in [3.8, 4) is 0 Å². The molecule has 0 radical (unpaired) electrons. The van der Waals surface area contributed by atoms with Gasteiger partial charge >= 0.3 is 0 Å². The molecule has 0 spiro atoms. The Morgan fingerprint density at radius 3 is 2.60 bits per heavy atom. The number of piperidine rings is 1. The van der Waals surface area contributed by atoms with E-state index in [1.807, 2.05) is 4.90 Å². The molecule has 132 valence electrons. The van der Waals surface area contributed by atoms with Crippen molar-refractivity contribution < 1.29 is 4.79 Å². The van der Waals surface area contributed by atoms with Crippen molar-refractivity contribution in [3.05, 3.63) is 44.9 Å². The van der Waals surface area contributed by atoms with E-state index in [0.717, 1.165) is 0 Å². The molecular formula is C16H17Cl2N5O2. The van der Waals surface area contributed by atoms with E-state index in [2.05, 4.69) is 15.4 Å². The molecule has 1 aliphatic heterocycles. The van der Waals surface area contributed by atoms with E-state index in [1.54, 1.807) is 25.4 Å². The molecule has 0 saturated carbocycles. The van der Waals surface area contributed by atoms with Crippen LogP contribution in [0.5, 0.6) is 0 Å². The Balaban J connectivity index is 1.62. The van der Waals surface area contributed by atoms with Gasteiger partial charge in [-0.05, 0) is 25.0 Å². The predicted molar refractivity (Wildman–Crippen MR) is 97.3 cm³/mol. The van der Waals surface area contributed by atoms with Crippen molar-refractivity contribution in [3.63, 3.8) is 0 Å². The van der Waals surface area contributed by atoms with Crippen LogP contribution < -0.4 is 15.8 Å². The smallest absolute Gasteiger partial charge is 0.287 e. The molecule has 0 aromatic carbocycles. The number of anilines is 2. The lowest BCUT2D eigenvalue weighted by Crippen LogP contribution is -2.39. The Morgan fingerprint density at radius 1 is 1.24 bits per heavy atom. The molecule has 1 N–H and O–H groups in total. The molecule has 1 saturated heterocycles. The number of hydrogen-bond acceptors (Lipinski definition) is 5. The fourth-order valence-electron chi connectivity index (χ4n) is 2.78. The zero-order valence-electron chi connectivity index (χ0n) is 13.6. The van der Waals surface area contributed by atoms with E-state index in [4.69, 9.17) is 23.2 Å². The quantitative estimate of drug-likeness (QED) is 0.882. The number of rotatable bonds is 3. The number of amides is 1. The van der Waals surface area contributed by atoms with Crippen LogP contribution in [0.4, 0.5) is 11.5 Å². The number of carbonyl (C=O) groups is 1. The molecule has 2 aromatic rings. The number of aryl methyl sites for hydroxylation is 1. The van der Waals surface area contributed by atoms with Crippen LogP contribution in [-0.4, -0.2) is 33.8 Å². The maximum atomic E-state index is 12.4. The predicted octanol–water partition coefficient (Wildman–Crippen LogP) is 2.34. The SMILES string of the molecule is Cn1ncc(N2CCC(C(=O)Nc3ccc(Cl)cn3)CC2)c(Cl)c1=O. The highest BCUT2D eigenvalue weighted by molar-refractivity contribution is 6.33. The zero-order chi connectivity index (χ0) is 18.0. The third kappa shape index (κ3) is 3.93. The van der Waals surface area contributed by atoms with Crippen molar-refractivity contribution in [2.75, 3.05) is 23.3 Å². The number of carbonyl (C=O) groups excluding carboxylic acids is 1. The summed E-state index contributed by atoms with van der Waals surface area (Å²) in [5, 5.41) is 7.49. The minimum absolute atomic E-state index is 0.0670. The Bertz CT molecular complexity index is 829. The summed E-state index contributed by atoms with van der Waals surface area (Å²) in [5.41, 5.74) is 0.288. The number of nitrogens with one attached hydrogen (secondary N) is 1. The highest BCUT2D eigenvalue weighted by atomic mass is 35.5. The van der Waals surface area contributed by atoms with E-state index in [-0.39, 0.29) is 22.4 Å². The average Bonchev–Trinajstić information content (AvgIpc) is 2.62. The number of aromatic nitrogens is 3. The maximum absolute atomic E-state index is 12.4. The topological polar surface area (TPSA) is 80.1 Å². The molecule has 25 heavy (non-hydrogen) atoms. The Morgan fingerprint density at radius 2 is 1.96 bits per heavy atom. The van der Waals surface area contributed by atoms with Crippen molar-refractivity contribution >= 4 is 40.6 Å². The van der Waals surface area contributed by atoms with Gasteiger partial charge in [-0.3, -0.25) is 9.59 Å². The van der Waals surface area contributed by atoms with E-state index in [9.17, 15) is 9.59 Å². The molecule has 0 aliphatic carbocycles. The summed E-state index contributed by atoms with van der Waals surface area (Å²) < 4.78 is 1.20. The lowest BCUT2D eigenvalue weighted by atomic mass is 9.95. The molecule has 3 rings (SSSR count). The third-order valence-corrected chi connectivity index (χ3v) is 4.82. The Hall–Kier alpha value is -2.12. The van der Waals surface area contributed by atoms with Gasteiger partial charge in [-0.2, -0.15) is 5.10 Å². The minimum Gasteiger partial charge on any atom is -0.369 e. The monoisotopic (exact) mass is 381 g/mol. The summed E-state index contributed by atoms with van der Waals surface area (Å²) in [6, 6.07) is 3.35. The van der Waals surface area contributed by atoms with Crippen LogP contribution in [0.25, 0.3) is 0 Å². The van der Waals surface area contributed by atoms with Crippen LogP contribution in [0.1, 0.15) is 12.8 Å². The summed E-state index contributed by atoms with van der Waals surface area (Å²) in [6.45, 7) is 1.25. The van der Waals surface area contributed by atoms with Gasteiger partial charge in [-0.25, -0.2) is 9.67 Å². The van der Waals surface area contributed by atoms with Gasteiger partial charge < -0.3 is 10.2 Å². The second-order valence-electron chi connectivity index (χ2n) is 5.88. The van der Waals surface area contributed by atoms with Crippen LogP contribution >= 0.6 is 23.2 Å². The Kier molecular flexibility index (Phi) is 5.24. The van der Waals surface area contributed by atoms with E-state index in [0.29, 0.717) is 42.5 Å². The van der Waals surface area contributed by atoms with Gasteiger partial charge in [0, 0.05) is 32.3 Å². The lowest BCUT2D eigenvalue weighted by molar-refractivity contribution is -0.120. The first kappa shape index (κ1) is 17.7. The summed E-state index contributed by atoms with van der Waals surface area (Å²) >= 11 is 11.9. The molecule has 9 heteroatoms. The summed E-state index contributed by atoms with van der Waals surface area (Å²) in [5.74, 6) is 0.297. The van der Waals surface area contributed by atoms with Crippen LogP contribution in [0.2, 0.25) is 10.0 Å². The van der Waals surface area contributed by atoms with Gasteiger partial charge in [0.15, 0.2) is 0 Å². The van der Waals surface area contributed by atoms with Crippen LogP contribution in [-0.2, 0) is 11.8 Å². The molecule has 0 bridgehead atoms. The van der Waals surface area contributed by atoms with E-state index >= 15 is 0 Å². The second kappa shape index (κ2) is 7.41. The number of halogens is 2. The number of pyridine rings is 1. The first-order valence-electron chi connectivity index (χ1n) is 7.85. The first-order valence-corrected chi connectivity index (χ1v) is 8.60. The van der Waals surface area contributed by atoms with Crippen molar-refractivity contribution in [1.82, 2.24) is 14.8 Å². The fourth-order valence-corrected chi connectivity index (χ4v) is 3.19. The fraction of sp³-hybridized carbons (Fsp3) is 0.375. The van der Waals surface area contributed by atoms with E-state index < -0.39 is 0 Å². The lowest BCUT2D eigenvalue weighted by Gasteiger charge is -2.33. The molecule has 0 atom stereocenters. The van der Waals surface area contributed by atoms with Gasteiger partial charge in [0.25, 0.3) is 5.56 Å². The maximum Gasteiger partial charge on any atom is 0.287 e. The van der Waals surface area contributed by atoms with Crippen LogP contribution in [0.15, 0.2) is 29.3 Å². The third-order valence-electron chi connectivity index (χ3n) is 4.24. The zero-order valence-corrected chi connectivity index (χ0v) is 15.1. The summed E-state index contributed by atoms with van der Waals surface area (Å²) in [6.07, 6.45) is 4.39. The first-order chi connectivity index (χ1) is 12.0. The molecule has 0 unspecified atom stereocenters. The summed E-state index contributed by atoms with van der Waals surface area (Å²) in [7, 11) is 1.55. The second-order valence-corrected chi connectivity index (χ2v) is 6.70. The highest BCUT2D eigenvalue weighted by Crippen LogP contribution is 2.27. The van der Waals surface area contributed by atoms with Crippen molar-refractivity contribution in [2.24, 2.45) is 13.0 Å². The largest absolute Gasteiger partial charge is 0.369 e. The highest BCUT2D eigenvalue weighted by Gasteiger charge is 2.27. The standard InChI is InChI=1S/C16H17Cl2N5O2/c1-22-16(25)14(18)12(9-20-22)23-6-4-10(5-7-23)15(24)21-13-3-2-11(17)8-19-13/h2-3,8-10H,4-7H2,1H3,(H,19,21,24). The molecule has 1 aliphatic rings. The number of nitrogens with zero attached hydrogens (tertiary/aromatic N) is 4.